The highest BCUT2D eigenvalue weighted by Crippen LogP contribution is 2.56. The summed E-state index contributed by atoms with van der Waals surface area (Å²) in [5, 5.41) is 0. The summed E-state index contributed by atoms with van der Waals surface area (Å²) >= 11 is 0. The summed E-state index contributed by atoms with van der Waals surface area (Å²) in [5.74, 6) is 2.55. The van der Waals surface area contributed by atoms with Gasteiger partial charge in [0.2, 0.25) is 5.89 Å². The molecule has 0 atom stereocenters. The second-order valence-electron chi connectivity index (χ2n) is 16.2. The van der Waals surface area contributed by atoms with Crippen LogP contribution in [0.3, 0.4) is 0 Å². The summed E-state index contributed by atoms with van der Waals surface area (Å²) < 4.78 is 6.49. The van der Waals surface area contributed by atoms with Gasteiger partial charge in [0, 0.05) is 22.3 Å². The van der Waals surface area contributed by atoms with Crippen molar-refractivity contribution in [3.8, 4) is 79.0 Å². The number of hydrogen-bond acceptors (Lipinski definition) is 5. The smallest absolute Gasteiger partial charge is 0.227 e. The molecule has 11 aromatic rings. The quantitative estimate of drug-likeness (QED) is 0.153. The van der Waals surface area contributed by atoms with Crippen LogP contribution in [0.25, 0.3) is 90.1 Å². The molecule has 0 radical (unpaired) electrons. The molecule has 5 heteroatoms. The normalized spacial score (nSPS) is 12.5. The number of benzene rings is 9. The minimum atomic E-state index is -0.578. The molecule has 0 bridgehead atoms. The molecule has 0 unspecified atom stereocenters. The van der Waals surface area contributed by atoms with Crippen molar-refractivity contribution < 1.29 is 4.42 Å². The van der Waals surface area contributed by atoms with Gasteiger partial charge in [0.15, 0.2) is 23.1 Å². The van der Waals surface area contributed by atoms with Crippen LogP contribution in [0.4, 0.5) is 0 Å². The summed E-state index contributed by atoms with van der Waals surface area (Å²) in [6.07, 6.45) is 0. The topological polar surface area (TPSA) is 64.7 Å². The molecule has 5 nitrogen and oxygen atoms in total. The van der Waals surface area contributed by atoms with Gasteiger partial charge in [-0.1, -0.05) is 200 Å². The Kier molecular flexibility index (Phi) is 8.97. The van der Waals surface area contributed by atoms with Crippen molar-refractivity contribution in [1.29, 1.82) is 0 Å². The Hall–Kier alpha value is -8.54. The third-order valence-electron chi connectivity index (χ3n) is 12.5. The highest BCUT2D eigenvalue weighted by molar-refractivity contribution is 5.88. The molecule has 12 rings (SSSR count). The van der Waals surface area contributed by atoms with E-state index in [0.717, 1.165) is 61.2 Å². The summed E-state index contributed by atoms with van der Waals surface area (Å²) in [4.78, 5) is 19.6. The molecule has 0 aliphatic heterocycles. The van der Waals surface area contributed by atoms with Crippen molar-refractivity contribution in [3.05, 3.63) is 253 Å². The van der Waals surface area contributed by atoms with E-state index in [0.29, 0.717) is 23.4 Å². The standard InChI is InChI=1S/C59H38N4O/c1-4-15-41(16-5-1)55-61-56(42-17-6-2-7-18-42)63-57(62-55)43-29-27-39(28-30-43)45-21-14-22-46(37-45)40-31-33-47(34-32-40)59(51-25-12-10-23-49(51)50-24-11-13-26-52(50)59)48-35-36-53-54(38-48)64-58(60-53)44-19-8-3-9-20-44/h1-38H. The van der Waals surface area contributed by atoms with E-state index >= 15 is 0 Å². The second-order valence-corrected chi connectivity index (χ2v) is 16.2. The van der Waals surface area contributed by atoms with Gasteiger partial charge in [-0.05, 0) is 86.0 Å². The monoisotopic (exact) mass is 818 g/mol. The maximum Gasteiger partial charge on any atom is 0.227 e. The van der Waals surface area contributed by atoms with Crippen molar-refractivity contribution in [2.45, 2.75) is 5.41 Å². The fourth-order valence-electron chi connectivity index (χ4n) is 9.43. The first-order valence-electron chi connectivity index (χ1n) is 21.5. The van der Waals surface area contributed by atoms with Crippen LogP contribution in [0.15, 0.2) is 235 Å². The zero-order chi connectivity index (χ0) is 42.5. The molecule has 0 N–H and O–H groups in total. The first-order chi connectivity index (χ1) is 31.7. The van der Waals surface area contributed by atoms with Crippen LogP contribution in [-0.4, -0.2) is 19.9 Å². The Morgan fingerprint density at radius 1 is 0.297 bits per heavy atom. The molecule has 2 aromatic heterocycles. The first kappa shape index (κ1) is 37.2. The van der Waals surface area contributed by atoms with E-state index in [4.69, 9.17) is 24.4 Å². The average molecular weight is 819 g/mol. The molecule has 2 heterocycles. The number of fused-ring (bicyclic) bond motifs is 4. The van der Waals surface area contributed by atoms with E-state index in [1.54, 1.807) is 0 Å². The maximum absolute atomic E-state index is 6.49. The Morgan fingerprint density at radius 3 is 1.27 bits per heavy atom. The predicted molar refractivity (Wildman–Crippen MR) is 257 cm³/mol. The average Bonchev–Trinajstić information content (AvgIpc) is 3.95. The van der Waals surface area contributed by atoms with Gasteiger partial charge in [-0.25, -0.2) is 19.9 Å². The number of oxazole rings is 1. The lowest BCUT2D eigenvalue weighted by atomic mass is 9.67. The molecule has 0 amide bonds. The second kappa shape index (κ2) is 15.4. The van der Waals surface area contributed by atoms with Crippen LogP contribution in [0.2, 0.25) is 0 Å². The van der Waals surface area contributed by atoms with Crippen LogP contribution in [-0.2, 0) is 5.41 Å². The Balaban J connectivity index is 0.903. The van der Waals surface area contributed by atoms with Crippen LogP contribution in [0.5, 0.6) is 0 Å². The Morgan fingerprint density at radius 2 is 0.719 bits per heavy atom. The zero-order valence-corrected chi connectivity index (χ0v) is 34.6. The van der Waals surface area contributed by atoms with E-state index in [1.165, 1.54) is 27.8 Å². The molecular weight excluding hydrogens is 781 g/mol. The van der Waals surface area contributed by atoms with E-state index < -0.39 is 5.41 Å². The number of aromatic nitrogens is 4. The van der Waals surface area contributed by atoms with E-state index in [2.05, 4.69) is 140 Å². The lowest BCUT2D eigenvalue weighted by molar-refractivity contribution is 0.618. The van der Waals surface area contributed by atoms with Crippen LogP contribution < -0.4 is 0 Å². The van der Waals surface area contributed by atoms with Crippen molar-refractivity contribution >= 4 is 11.1 Å². The largest absolute Gasteiger partial charge is 0.436 e. The first-order valence-corrected chi connectivity index (χ1v) is 21.5. The van der Waals surface area contributed by atoms with Gasteiger partial charge >= 0.3 is 0 Å². The van der Waals surface area contributed by atoms with Gasteiger partial charge in [0.05, 0.1) is 5.41 Å². The van der Waals surface area contributed by atoms with Crippen molar-refractivity contribution in [2.24, 2.45) is 0 Å². The molecule has 300 valence electrons. The minimum absolute atomic E-state index is 0.578. The molecule has 9 aromatic carbocycles. The number of nitrogens with zero attached hydrogens (tertiary/aromatic N) is 4. The molecule has 0 fully saturated rings. The lowest BCUT2D eigenvalue weighted by Crippen LogP contribution is -2.28. The summed E-state index contributed by atoms with van der Waals surface area (Å²) in [6, 6.07) is 80.8. The zero-order valence-electron chi connectivity index (χ0n) is 34.6. The molecule has 0 saturated carbocycles. The van der Waals surface area contributed by atoms with Crippen LogP contribution in [0.1, 0.15) is 22.3 Å². The van der Waals surface area contributed by atoms with Gasteiger partial charge in [0.25, 0.3) is 0 Å². The molecule has 1 aliphatic rings. The predicted octanol–water partition coefficient (Wildman–Crippen LogP) is 14.4. The van der Waals surface area contributed by atoms with Gasteiger partial charge in [-0.15, -0.1) is 0 Å². The van der Waals surface area contributed by atoms with Crippen molar-refractivity contribution in [3.63, 3.8) is 0 Å². The number of hydrogen-bond donors (Lipinski definition) is 0. The fraction of sp³-hybridized carbons (Fsp3) is 0.0169. The summed E-state index contributed by atoms with van der Waals surface area (Å²) in [7, 11) is 0. The summed E-state index contributed by atoms with van der Waals surface area (Å²) in [6.45, 7) is 0. The highest BCUT2D eigenvalue weighted by atomic mass is 16.3. The lowest BCUT2D eigenvalue weighted by Gasteiger charge is -2.34. The Bertz CT molecular complexity index is 3370. The SMILES string of the molecule is c1ccc(-c2nc(-c3ccccc3)nc(-c3ccc(-c4cccc(-c5ccc(C6(c7ccc8nc(-c9ccccc9)oc8c7)c7ccccc7-c7ccccc76)cc5)c4)cc3)n2)cc1. The fourth-order valence-corrected chi connectivity index (χ4v) is 9.43. The summed E-state index contributed by atoms with van der Waals surface area (Å²) in [5.41, 5.74) is 16.6. The van der Waals surface area contributed by atoms with Gasteiger partial charge in [-0.3, -0.25) is 0 Å². The third kappa shape index (κ3) is 6.33. The van der Waals surface area contributed by atoms with Gasteiger partial charge in [-0.2, -0.15) is 0 Å². The molecular formula is C59H38N4O. The van der Waals surface area contributed by atoms with Gasteiger partial charge in [0.1, 0.15) is 5.52 Å². The third-order valence-corrected chi connectivity index (χ3v) is 12.5. The van der Waals surface area contributed by atoms with E-state index in [9.17, 15) is 0 Å². The molecule has 1 aliphatic carbocycles. The number of rotatable bonds is 8. The van der Waals surface area contributed by atoms with Crippen LogP contribution in [0, 0.1) is 0 Å². The van der Waals surface area contributed by atoms with E-state index in [1.807, 2.05) is 91.0 Å². The van der Waals surface area contributed by atoms with Crippen molar-refractivity contribution in [2.75, 3.05) is 0 Å². The molecule has 0 spiro atoms. The molecule has 0 saturated heterocycles. The van der Waals surface area contributed by atoms with Gasteiger partial charge < -0.3 is 4.42 Å². The Labute approximate surface area is 371 Å². The van der Waals surface area contributed by atoms with Crippen molar-refractivity contribution in [1.82, 2.24) is 19.9 Å². The highest BCUT2D eigenvalue weighted by Gasteiger charge is 2.46. The van der Waals surface area contributed by atoms with E-state index in [-0.39, 0.29) is 0 Å². The maximum atomic E-state index is 6.49. The molecule has 64 heavy (non-hydrogen) atoms. The minimum Gasteiger partial charge on any atom is -0.436 e. The van der Waals surface area contributed by atoms with Crippen LogP contribution >= 0.6 is 0 Å².